The molecule has 1 amide bonds. The predicted octanol–water partition coefficient (Wildman–Crippen LogP) is 2.45. The number of fused-ring (bicyclic) bond motifs is 1. The molecule has 1 aromatic heterocycles. The molecule has 2 rings (SSSR count). The molecule has 18 heavy (non-hydrogen) atoms. The van der Waals surface area contributed by atoms with Gasteiger partial charge in [0.05, 0.1) is 10.2 Å². The molecule has 0 bridgehead atoms. The number of thiazole rings is 1. The minimum absolute atomic E-state index is 0.144. The number of aromatic nitrogens is 1. The van der Waals surface area contributed by atoms with Crippen LogP contribution in [0.1, 0.15) is 26.7 Å². The van der Waals surface area contributed by atoms with Crippen LogP contribution in [0, 0.1) is 0 Å². The van der Waals surface area contributed by atoms with Crippen LogP contribution < -0.4 is 10.2 Å². The molecule has 1 heterocycles. The number of unbranched alkanes of at least 4 members (excludes halogenated alkanes) is 1. The minimum atomic E-state index is -0.144. The summed E-state index contributed by atoms with van der Waals surface area (Å²) in [4.78, 5) is 11.8. The van der Waals surface area contributed by atoms with Crippen LogP contribution in [0.3, 0.4) is 0 Å². The van der Waals surface area contributed by atoms with Crippen LogP contribution in [0.5, 0.6) is 0 Å². The highest BCUT2D eigenvalue weighted by Gasteiger charge is 2.04. The third-order valence-corrected chi connectivity index (χ3v) is 3.69. The molecule has 0 aliphatic heterocycles. The van der Waals surface area contributed by atoms with Gasteiger partial charge in [-0.25, -0.2) is 5.43 Å². The molecule has 1 N–H and O–H groups in total. The number of amides is 1. The van der Waals surface area contributed by atoms with E-state index in [1.54, 1.807) is 11.3 Å². The van der Waals surface area contributed by atoms with Gasteiger partial charge in [-0.05, 0) is 18.6 Å². The zero-order valence-electron chi connectivity index (χ0n) is 10.6. The van der Waals surface area contributed by atoms with E-state index in [9.17, 15) is 4.79 Å². The summed E-state index contributed by atoms with van der Waals surface area (Å²) in [5.41, 5.74) is 3.70. The second kappa shape index (κ2) is 5.82. The first-order valence-corrected chi connectivity index (χ1v) is 6.92. The molecule has 0 unspecified atom stereocenters. The summed E-state index contributed by atoms with van der Waals surface area (Å²) in [5.74, 6) is -0.144. The fraction of sp³-hybridized carbons (Fsp3) is 0.385. The van der Waals surface area contributed by atoms with E-state index in [1.165, 1.54) is 17.1 Å². The number of aryl methyl sites for hydroxylation is 1. The van der Waals surface area contributed by atoms with Crippen molar-refractivity contribution in [1.29, 1.82) is 0 Å². The lowest BCUT2D eigenvalue weighted by Crippen LogP contribution is -2.22. The molecule has 2 aromatic rings. The summed E-state index contributed by atoms with van der Waals surface area (Å²) in [6, 6.07) is 8.22. The van der Waals surface area contributed by atoms with E-state index < -0.39 is 0 Å². The van der Waals surface area contributed by atoms with Crippen molar-refractivity contribution in [2.75, 3.05) is 0 Å². The van der Waals surface area contributed by atoms with Gasteiger partial charge in [0.25, 0.3) is 0 Å². The molecule has 0 aliphatic carbocycles. The predicted molar refractivity (Wildman–Crippen MR) is 74.1 cm³/mol. The first-order valence-electron chi connectivity index (χ1n) is 6.11. The van der Waals surface area contributed by atoms with Crippen molar-refractivity contribution in [2.24, 2.45) is 5.10 Å². The van der Waals surface area contributed by atoms with Gasteiger partial charge in [0.2, 0.25) is 10.7 Å². The Balaban J connectivity index is 2.49. The fourth-order valence-corrected chi connectivity index (χ4v) is 2.78. The maximum atomic E-state index is 10.9. The molecule has 0 saturated carbocycles. The van der Waals surface area contributed by atoms with Crippen LogP contribution in [0.25, 0.3) is 10.2 Å². The van der Waals surface area contributed by atoms with Gasteiger partial charge in [0.1, 0.15) is 0 Å². The van der Waals surface area contributed by atoms with Crippen LogP contribution >= 0.6 is 11.3 Å². The maximum absolute atomic E-state index is 10.9. The van der Waals surface area contributed by atoms with Gasteiger partial charge >= 0.3 is 0 Å². The third kappa shape index (κ3) is 2.79. The van der Waals surface area contributed by atoms with Crippen LogP contribution in [0.15, 0.2) is 29.4 Å². The lowest BCUT2D eigenvalue weighted by molar-refractivity contribution is -0.119. The van der Waals surface area contributed by atoms with E-state index in [0.29, 0.717) is 0 Å². The highest BCUT2D eigenvalue weighted by atomic mass is 32.1. The Labute approximate surface area is 110 Å². The number of nitrogens with zero attached hydrogens (tertiary/aromatic N) is 2. The number of carbonyl (C=O) groups excluding carboxylic acids is 1. The normalized spacial score (nSPS) is 12.0. The average molecular weight is 263 g/mol. The van der Waals surface area contributed by atoms with Crippen molar-refractivity contribution in [3.05, 3.63) is 29.1 Å². The van der Waals surface area contributed by atoms with Gasteiger partial charge in [-0.2, -0.15) is 0 Å². The number of nitrogens with one attached hydrogen (secondary N) is 1. The van der Waals surface area contributed by atoms with Crippen molar-refractivity contribution in [1.82, 2.24) is 9.99 Å². The number of carbonyl (C=O) groups is 1. The summed E-state index contributed by atoms with van der Waals surface area (Å²) in [6.07, 6.45) is 2.24. The highest BCUT2D eigenvalue weighted by molar-refractivity contribution is 7.16. The van der Waals surface area contributed by atoms with Crippen molar-refractivity contribution >= 4 is 27.5 Å². The van der Waals surface area contributed by atoms with Crippen LogP contribution in [-0.2, 0) is 11.3 Å². The Bertz CT molecular complexity index is 612. The van der Waals surface area contributed by atoms with Crippen molar-refractivity contribution < 1.29 is 4.79 Å². The van der Waals surface area contributed by atoms with Crippen molar-refractivity contribution in [3.8, 4) is 0 Å². The SMILES string of the molecule is CCCCn1c(=NNC(C)=O)sc2ccccc21. The molecule has 0 spiro atoms. The second-order valence-electron chi connectivity index (χ2n) is 4.14. The number of rotatable bonds is 4. The summed E-state index contributed by atoms with van der Waals surface area (Å²) >= 11 is 1.60. The molecular formula is C13H17N3OS. The van der Waals surface area contributed by atoms with Crippen molar-refractivity contribution in [2.45, 2.75) is 33.2 Å². The number of benzene rings is 1. The van der Waals surface area contributed by atoms with E-state index in [1.807, 2.05) is 12.1 Å². The number of para-hydroxylation sites is 1. The highest BCUT2D eigenvalue weighted by Crippen LogP contribution is 2.16. The molecular weight excluding hydrogens is 246 g/mol. The number of hydrogen-bond acceptors (Lipinski definition) is 3. The fourth-order valence-electron chi connectivity index (χ4n) is 1.76. The molecule has 1 aromatic carbocycles. The van der Waals surface area contributed by atoms with Crippen LogP contribution in [0.4, 0.5) is 0 Å². The maximum Gasteiger partial charge on any atom is 0.237 e. The van der Waals surface area contributed by atoms with E-state index >= 15 is 0 Å². The lowest BCUT2D eigenvalue weighted by atomic mass is 10.3. The molecule has 5 heteroatoms. The van der Waals surface area contributed by atoms with Crippen LogP contribution in [0.2, 0.25) is 0 Å². The van der Waals surface area contributed by atoms with Gasteiger partial charge < -0.3 is 4.57 Å². The Hall–Kier alpha value is -1.62. The molecule has 0 radical (unpaired) electrons. The van der Waals surface area contributed by atoms with Crippen molar-refractivity contribution in [3.63, 3.8) is 0 Å². The summed E-state index contributed by atoms with van der Waals surface area (Å²) in [7, 11) is 0. The summed E-state index contributed by atoms with van der Waals surface area (Å²) in [5, 5.41) is 4.18. The zero-order chi connectivity index (χ0) is 13.0. The van der Waals surface area contributed by atoms with E-state index in [-0.39, 0.29) is 5.91 Å². The monoisotopic (exact) mass is 263 g/mol. The second-order valence-corrected chi connectivity index (χ2v) is 5.15. The first-order chi connectivity index (χ1) is 8.72. The topological polar surface area (TPSA) is 46.4 Å². The van der Waals surface area contributed by atoms with Gasteiger partial charge in [-0.3, -0.25) is 4.79 Å². The minimum Gasteiger partial charge on any atom is -0.315 e. The van der Waals surface area contributed by atoms with Crippen LogP contribution in [-0.4, -0.2) is 10.5 Å². The molecule has 0 fully saturated rings. The Morgan fingerprint density at radius 3 is 2.94 bits per heavy atom. The number of hydrogen-bond donors (Lipinski definition) is 1. The first kappa shape index (κ1) is 12.8. The Morgan fingerprint density at radius 1 is 1.44 bits per heavy atom. The quantitative estimate of drug-likeness (QED) is 0.846. The Kier molecular flexibility index (Phi) is 4.15. The zero-order valence-corrected chi connectivity index (χ0v) is 11.5. The molecule has 0 aliphatic rings. The van der Waals surface area contributed by atoms with Gasteiger partial charge in [-0.1, -0.05) is 36.8 Å². The van der Waals surface area contributed by atoms with E-state index in [4.69, 9.17) is 0 Å². The molecule has 4 nitrogen and oxygen atoms in total. The third-order valence-electron chi connectivity index (χ3n) is 2.63. The average Bonchev–Trinajstić information content (AvgIpc) is 2.71. The molecule has 96 valence electrons. The van der Waals surface area contributed by atoms with Gasteiger partial charge in [0.15, 0.2) is 0 Å². The van der Waals surface area contributed by atoms with Gasteiger partial charge in [0, 0.05) is 13.5 Å². The molecule has 0 saturated heterocycles. The van der Waals surface area contributed by atoms with Gasteiger partial charge in [-0.15, -0.1) is 5.10 Å². The summed E-state index contributed by atoms with van der Waals surface area (Å²) < 4.78 is 3.36. The Morgan fingerprint density at radius 2 is 2.22 bits per heavy atom. The summed E-state index contributed by atoms with van der Waals surface area (Å²) in [6.45, 7) is 4.56. The van der Waals surface area contributed by atoms with E-state index in [2.05, 4.69) is 34.2 Å². The standard InChI is InChI=1S/C13H17N3OS/c1-3-4-9-16-11-7-5-6-8-12(11)18-13(16)15-14-10(2)17/h5-8H,3-4,9H2,1-2H3,(H,14,17). The smallest absolute Gasteiger partial charge is 0.237 e. The molecule has 0 atom stereocenters. The lowest BCUT2D eigenvalue weighted by Gasteiger charge is -2.03. The largest absolute Gasteiger partial charge is 0.315 e. The van der Waals surface area contributed by atoms with E-state index in [0.717, 1.165) is 24.2 Å².